The van der Waals surface area contributed by atoms with E-state index >= 15 is 0 Å². The van der Waals surface area contributed by atoms with E-state index in [4.69, 9.17) is 5.73 Å². The van der Waals surface area contributed by atoms with Crippen LogP contribution >= 0.6 is 38.5 Å². The molecule has 0 fully saturated rings. The third kappa shape index (κ3) is 2.20. The maximum Gasteiger partial charge on any atom is 0.205 e. The molecule has 0 atom stereocenters. The number of halogens is 3. The predicted molar refractivity (Wildman–Crippen MR) is 90.6 cm³/mol. The largest absolute Gasteiger partial charge is 0.369 e. The lowest BCUT2D eigenvalue weighted by Gasteiger charge is -2.11. The van der Waals surface area contributed by atoms with Crippen LogP contribution in [-0.2, 0) is 0 Å². The first kappa shape index (κ1) is 13.8. The maximum atomic E-state index is 13.8. The molecule has 0 radical (unpaired) electrons. The fourth-order valence-electron chi connectivity index (χ4n) is 2.20. The molecule has 6 heteroatoms. The van der Waals surface area contributed by atoms with Gasteiger partial charge in [0.05, 0.1) is 21.2 Å². The summed E-state index contributed by atoms with van der Waals surface area (Å²) in [5.74, 6) is 0.0317. The number of fused-ring (bicyclic) bond motifs is 1. The SMILES string of the molecule is Cc1cc(Br)c(F)cc1-n1c(N)nc2cc(I)ccc21. The second-order valence-corrected chi connectivity index (χ2v) is 6.59. The van der Waals surface area contributed by atoms with E-state index in [1.165, 1.54) is 6.07 Å². The van der Waals surface area contributed by atoms with Crippen LogP contribution in [0.2, 0.25) is 0 Å². The molecule has 0 aliphatic rings. The lowest BCUT2D eigenvalue weighted by Crippen LogP contribution is -2.03. The van der Waals surface area contributed by atoms with Crippen LogP contribution in [0, 0.1) is 16.3 Å². The Morgan fingerprint density at radius 2 is 2.05 bits per heavy atom. The van der Waals surface area contributed by atoms with Gasteiger partial charge >= 0.3 is 0 Å². The molecule has 102 valence electrons. The van der Waals surface area contributed by atoms with E-state index in [0.29, 0.717) is 16.1 Å². The maximum absolute atomic E-state index is 13.8. The summed E-state index contributed by atoms with van der Waals surface area (Å²) in [6, 6.07) is 9.08. The van der Waals surface area contributed by atoms with Gasteiger partial charge in [0, 0.05) is 3.57 Å². The minimum Gasteiger partial charge on any atom is -0.369 e. The molecular weight excluding hydrogens is 436 g/mol. The summed E-state index contributed by atoms with van der Waals surface area (Å²) in [4.78, 5) is 4.35. The van der Waals surface area contributed by atoms with E-state index in [2.05, 4.69) is 43.5 Å². The van der Waals surface area contributed by atoms with Crippen molar-refractivity contribution in [1.82, 2.24) is 9.55 Å². The Morgan fingerprint density at radius 3 is 2.80 bits per heavy atom. The van der Waals surface area contributed by atoms with Crippen molar-refractivity contribution in [3.63, 3.8) is 0 Å². The first-order chi connectivity index (χ1) is 9.47. The number of aromatic nitrogens is 2. The number of imidazole rings is 1. The van der Waals surface area contributed by atoms with E-state index < -0.39 is 0 Å². The summed E-state index contributed by atoms with van der Waals surface area (Å²) >= 11 is 5.41. The van der Waals surface area contributed by atoms with Crippen LogP contribution in [0.4, 0.5) is 10.3 Å². The van der Waals surface area contributed by atoms with Crippen molar-refractivity contribution in [2.45, 2.75) is 6.92 Å². The van der Waals surface area contributed by atoms with Gasteiger partial charge in [-0.3, -0.25) is 4.57 Å². The van der Waals surface area contributed by atoms with Crippen LogP contribution in [0.1, 0.15) is 5.56 Å². The number of hydrogen-bond donors (Lipinski definition) is 1. The monoisotopic (exact) mass is 445 g/mol. The summed E-state index contributed by atoms with van der Waals surface area (Å²) in [6.07, 6.45) is 0. The molecule has 0 spiro atoms. The summed E-state index contributed by atoms with van der Waals surface area (Å²) < 4.78 is 17.1. The van der Waals surface area contributed by atoms with Crippen LogP contribution in [0.3, 0.4) is 0 Å². The molecule has 1 heterocycles. The molecule has 0 aliphatic carbocycles. The molecule has 0 unspecified atom stereocenters. The number of nitrogen functional groups attached to an aromatic ring is 1. The van der Waals surface area contributed by atoms with Gasteiger partial charge in [-0.05, 0) is 81.3 Å². The second kappa shape index (κ2) is 5.00. The fourth-order valence-corrected chi connectivity index (χ4v) is 3.13. The van der Waals surface area contributed by atoms with Gasteiger partial charge in [0.15, 0.2) is 0 Å². The topological polar surface area (TPSA) is 43.8 Å². The second-order valence-electron chi connectivity index (χ2n) is 4.49. The van der Waals surface area contributed by atoms with Crippen molar-refractivity contribution >= 4 is 55.5 Å². The quantitative estimate of drug-likeness (QED) is 0.563. The van der Waals surface area contributed by atoms with Gasteiger partial charge in [0.2, 0.25) is 5.95 Å². The van der Waals surface area contributed by atoms with Crippen molar-refractivity contribution in [2.24, 2.45) is 0 Å². The Kier molecular flexibility index (Phi) is 3.45. The minimum absolute atomic E-state index is 0.322. The molecule has 3 nitrogen and oxygen atoms in total. The minimum atomic E-state index is -0.322. The van der Waals surface area contributed by atoms with Gasteiger partial charge in [0.25, 0.3) is 0 Å². The van der Waals surface area contributed by atoms with Gasteiger partial charge in [-0.25, -0.2) is 9.37 Å². The summed E-state index contributed by atoms with van der Waals surface area (Å²) in [6.45, 7) is 1.91. The smallest absolute Gasteiger partial charge is 0.205 e. The van der Waals surface area contributed by atoms with E-state index in [1.807, 2.05) is 25.1 Å². The van der Waals surface area contributed by atoms with Gasteiger partial charge in [0.1, 0.15) is 5.82 Å². The lowest BCUT2D eigenvalue weighted by atomic mass is 10.2. The number of hydrogen-bond acceptors (Lipinski definition) is 2. The first-order valence-corrected chi connectivity index (χ1v) is 7.74. The van der Waals surface area contributed by atoms with Gasteiger partial charge < -0.3 is 5.73 Å². The predicted octanol–water partition coefficient (Wildman–Crippen LogP) is 4.42. The van der Waals surface area contributed by atoms with E-state index in [-0.39, 0.29) is 5.82 Å². The molecule has 0 saturated carbocycles. The van der Waals surface area contributed by atoms with Crippen LogP contribution in [0.25, 0.3) is 16.7 Å². The van der Waals surface area contributed by atoms with Gasteiger partial charge in [-0.15, -0.1) is 0 Å². The summed E-state index contributed by atoms with van der Waals surface area (Å²) in [5.41, 5.74) is 9.30. The molecule has 0 bridgehead atoms. The third-order valence-corrected chi connectivity index (χ3v) is 4.40. The zero-order valence-corrected chi connectivity index (χ0v) is 14.2. The summed E-state index contributed by atoms with van der Waals surface area (Å²) in [7, 11) is 0. The van der Waals surface area contributed by atoms with Crippen LogP contribution in [-0.4, -0.2) is 9.55 Å². The van der Waals surface area contributed by atoms with E-state index in [9.17, 15) is 4.39 Å². The molecule has 1 aromatic heterocycles. The molecule has 3 rings (SSSR count). The highest BCUT2D eigenvalue weighted by molar-refractivity contribution is 14.1. The van der Waals surface area contributed by atoms with Crippen molar-refractivity contribution in [1.29, 1.82) is 0 Å². The number of benzene rings is 2. The van der Waals surface area contributed by atoms with Crippen molar-refractivity contribution in [3.05, 3.63) is 49.8 Å². The highest BCUT2D eigenvalue weighted by atomic mass is 127. The Labute approximate surface area is 137 Å². The van der Waals surface area contributed by atoms with Crippen LogP contribution in [0.5, 0.6) is 0 Å². The fraction of sp³-hybridized carbons (Fsp3) is 0.0714. The highest BCUT2D eigenvalue weighted by Gasteiger charge is 2.14. The zero-order valence-electron chi connectivity index (χ0n) is 10.5. The molecule has 3 aromatic rings. The number of nitrogens with two attached hydrogens (primary N) is 1. The number of anilines is 1. The molecule has 20 heavy (non-hydrogen) atoms. The van der Waals surface area contributed by atoms with E-state index in [1.54, 1.807) is 10.6 Å². The molecule has 0 amide bonds. The van der Waals surface area contributed by atoms with Crippen molar-refractivity contribution < 1.29 is 4.39 Å². The molecule has 2 aromatic carbocycles. The number of rotatable bonds is 1. The Hall–Kier alpha value is -1.15. The average Bonchev–Trinajstić information content (AvgIpc) is 2.69. The standard InChI is InChI=1S/C14H10BrFIN3/c1-7-4-9(15)10(16)6-13(7)20-12-3-2-8(17)5-11(12)19-14(20)18/h2-6H,1H3,(H2,18,19). The third-order valence-electron chi connectivity index (χ3n) is 3.12. The van der Waals surface area contributed by atoms with Crippen molar-refractivity contribution in [3.8, 4) is 5.69 Å². The molecule has 0 aliphatic heterocycles. The molecule has 2 N–H and O–H groups in total. The zero-order chi connectivity index (χ0) is 14.4. The molecule has 0 saturated heterocycles. The lowest BCUT2D eigenvalue weighted by molar-refractivity contribution is 0.619. The van der Waals surface area contributed by atoms with Gasteiger partial charge in [-0.1, -0.05) is 0 Å². The van der Waals surface area contributed by atoms with E-state index in [0.717, 1.165) is 20.2 Å². The van der Waals surface area contributed by atoms with Crippen LogP contribution < -0.4 is 5.73 Å². The van der Waals surface area contributed by atoms with Crippen molar-refractivity contribution in [2.75, 3.05) is 5.73 Å². The average molecular weight is 446 g/mol. The van der Waals surface area contributed by atoms with Gasteiger partial charge in [-0.2, -0.15) is 0 Å². The van der Waals surface area contributed by atoms with Crippen LogP contribution in [0.15, 0.2) is 34.8 Å². The first-order valence-electron chi connectivity index (χ1n) is 5.87. The summed E-state index contributed by atoms with van der Waals surface area (Å²) in [5, 5.41) is 0. The Balaban J connectivity index is 2.35. The Morgan fingerprint density at radius 1 is 1.30 bits per heavy atom. The number of aryl methyl sites for hydroxylation is 1. The molecular formula is C14H10BrFIN3. The normalized spacial score (nSPS) is 11.2. The number of nitrogens with zero attached hydrogens (tertiary/aromatic N) is 2. The Bertz CT molecular complexity index is 829. The highest BCUT2D eigenvalue weighted by Crippen LogP contribution is 2.29.